The van der Waals surface area contributed by atoms with Gasteiger partial charge in [0.1, 0.15) is 17.2 Å². The molecule has 0 spiro atoms. The van der Waals surface area contributed by atoms with Gasteiger partial charge in [-0.05, 0) is 49.6 Å². The largest absolute Gasteiger partial charge is 0.376 e. The van der Waals surface area contributed by atoms with Gasteiger partial charge in [-0.1, -0.05) is 24.3 Å². The molecule has 1 atom stereocenters. The van der Waals surface area contributed by atoms with Gasteiger partial charge >= 0.3 is 0 Å². The first-order valence-electron chi connectivity index (χ1n) is 10.5. The lowest BCUT2D eigenvalue weighted by Crippen LogP contribution is -2.26. The van der Waals surface area contributed by atoms with Crippen molar-refractivity contribution in [3.05, 3.63) is 70.8 Å². The summed E-state index contributed by atoms with van der Waals surface area (Å²) in [5.41, 5.74) is 5.25. The number of hydrogen-bond acceptors (Lipinski definition) is 5. The van der Waals surface area contributed by atoms with Crippen molar-refractivity contribution in [2.45, 2.75) is 32.4 Å². The van der Waals surface area contributed by atoms with E-state index in [0.29, 0.717) is 28.7 Å². The number of hydrogen-bond donors (Lipinski definition) is 0. The van der Waals surface area contributed by atoms with Crippen LogP contribution in [0.2, 0.25) is 0 Å². The van der Waals surface area contributed by atoms with Gasteiger partial charge in [0.2, 0.25) is 0 Å². The summed E-state index contributed by atoms with van der Waals surface area (Å²) < 4.78 is 9.32. The summed E-state index contributed by atoms with van der Waals surface area (Å²) in [5, 5.41) is 0.496. The second-order valence-electron chi connectivity index (χ2n) is 8.09. The molecule has 1 aliphatic heterocycles. The lowest BCUT2D eigenvalue weighted by Gasteiger charge is -2.11. The maximum absolute atomic E-state index is 13.6. The molecule has 0 amide bonds. The van der Waals surface area contributed by atoms with Gasteiger partial charge in [-0.3, -0.25) is 13.9 Å². The number of aryl methyl sites for hydroxylation is 1. The monoisotopic (exact) mass is 411 g/mol. The lowest BCUT2D eigenvalue weighted by atomic mass is 10.2. The Morgan fingerprint density at radius 1 is 1.06 bits per heavy atom. The number of ether oxygens (including phenoxy) is 1. The summed E-state index contributed by atoms with van der Waals surface area (Å²) >= 11 is 0. The van der Waals surface area contributed by atoms with E-state index in [-0.39, 0.29) is 11.7 Å². The van der Waals surface area contributed by atoms with Crippen molar-refractivity contribution in [3.8, 4) is 5.69 Å². The van der Waals surface area contributed by atoms with Crippen LogP contribution in [-0.4, -0.2) is 36.8 Å². The molecule has 6 rings (SSSR count). The minimum Gasteiger partial charge on any atom is -0.376 e. The molecule has 3 aromatic heterocycles. The number of rotatable bonds is 3. The molecule has 1 aliphatic rings. The minimum absolute atomic E-state index is 0.0500. The van der Waals surface area contributed by atoms with Gasteiger partial charge in [0.05, 0.1) is 23.7 Å². The Morgan fingerprint density at radius 3 is 2.68 bits per heavy atom. The van der Waals surface area contributed by atoms with Crippen molar-refractivity contribution in [2.24, 2.45) is 0 Å². The molecule has 4 heterocycles. The van der Waals surface area contributed by atoms with E-state index in [2.05, 4.69) is 6.07 Å². The Bertz CT molecular complexity index is 1510. The lowest BCUT2D eigenvalue weighted by molar-refractivity contribution is 0.0960. The van der Waals surface area contributed by atoms with E-state index in [9.17, 15) is 4.79 Å². The van der Waals surface area contributed by atoms with Crippen LogP contribution >= 0.6 is 0 Å². The number of fused-ring (bicyclic) bond motifs is 4. The average molecular weight is 411 g/mol. The second kappa shape index (κ2) is 6.99. The highest BCUT2D eigenvalue weighted by Gasteiger charge is 2.23. The van der Waals surface area contributed by atoms with Crippen LogP contribution in [0.25, 0.3) is 38.9 Å². The fourth-order valence-electron chi connectivity index (χ4n) is 4.42. The first kappa shape index (κ1) is 18.2. The molecule has 2 aromatic carbocycles. The standard InChI is InChI=1S/C24H21N5O2/c1-15-6-4-7-16(12-15)29-22-20(21-23(29)27-19-10-3-2-9-18(19)26-21)24(30)28(14-25-22)13-17-8-5-11-31-17/h2-4,6-7,9-10,12,14,17H,5,8,11,13H2,1H3. The number of nitrogens with zero attached hydrogens (tertiary/aromatic N) is 5. The van der Waals surface area contributed by atoms with E-state index < -0.39 is 0 Å². The molecule has 1 unspecified atom stereocenters. The molecule has 1 fully saturated rings. The molecule has 154 valence electrons. The molecule has 0 radical (unpaired) electrons. The summed E-state index contributed by atoms with van der Waals surface area (Å²) in [6, 6.07) is 15.8. The van der Waals surface area contributed by atoms with Crippen molar-refractivity contribution >= 4 is 33.2 Å². The molecule has 0 saturated carbocycles. The average Bonchev–Trinajstić information content (AvgIpc) is 3.40. The van der Waals surface area contributed by atoms with Gasteiger partial charge < -0.3 is 4.74 Å². The van der Waals surface area contributed by atoms with Gasteiger partial charge in [0, 0.05) is 12.3 Å². The predicted molar refractivity (Wildman–Crippen MR) is 120 cm³/mol. The molecule has 0 aliphatic carbocycles. The normalized spacial score (nSPS) is 16.6. The third kappa shape index (κ3) is 2.92. The van der Waals surface area contributed by atoms with E-state index in [4.69, 9.17) is 19.7 Å². The van der Waals surface area contributed by atoms with E-state index in [0.717, 1.165) is 41.7 Å². The predicted octanol–water partition coefficient (Wildman–Crippen LogP) is 3.77. The van der Waals surface area contributed by atoms with Crippen LogP contribution in [0.5, 0.6) is 0 Å². The van der Waals surface area contributed by atoms with Gasteiger partial charge in [0.15, 0.2) is 11.3 Å². The molecule has 31 heavy (non-hydrogen) atoms. The van der Waals surface area contributed by atoms with Crippen LogP contribution in [0.3, 0.4) is 0 Å². The van der Waals surface area contributed by atoms with E-state index in [1.807, 2.05) is 54.0 Å². The zero-order valence-electron chi connectivity index (χ0n) is 17.2. The van der Waals surface area contributed by atoms with Crippen molar-refractivity contribution in [2.75, 3.05) is 6.61 Å². The third-order valence-electron chi connectivity index (χ3n) is 5.91. The number of benzene rings is 2. The van der Waals surface area contributed by atoms with Crippen LogP contribution in [0.4, 0.5) is 0 Å². The zero-order chi connectivity index (χ0) is 20.9. The van der Waals surface area contributed by atoms with E-state index in [1.54, 1.807) is 10.9 Å². The highest BCUT2D eigenvalue weighted by molar-refractivity contribution is 6.05. The zero-order valence-corrected chi connectivity index (χ0v) is 17.2. The fraction of sp³-hybridized carbons (Fsp3) is 0.250. The summed E-state index contributed by atoms with van der Waals surface area (Å²) in [4.78, 5) is 28.0. The Balaban J connectivity index is 1.69. The second-order valence-corrected chi connectivity index (χ2v) is 8.09. The van der Waals surface area contributed by atoms with Gasteiger partial charge in [-0.25, -0.2) is 15.0 Å². The van der Waals surface area contributed by atoms with E-state index >= 15 is 0 Å². The van der Waals surface area contributed by atoms with Crippen LogP contribution in [0.15, 0.2) is 59.7 Å². The van der Waals surface area contributed by atoms with E-state index in [1.165, 1.54) is 0 Å². The topological polar surface area (TPSA) is 74.8 Å². The maximum Gasteiger partial charge on any atom is 0.265 e. The first-order chi connectivity index (χ1) is 15.2. The van der Waals surface area contributed by atoms with Crippen LogP contribution < -0.4 is 5.56 Å². The van der Waals surface area contributed by atoms with Crippen LogP contribution in [0.1, 0.15) is 18.4 Å². The summed E-state index contributed by atoms with van der Waals surface area (Å²) in [6.45, 7) is 3.29. The van der Waals surface area contributed by atoms with Crippen molar-refractivity contribution in [3.63, 3.8) is 0 Å². The Kier molecular flexibility index (Phi) is 4.11. The van der Waals surface area contributed by atoms with Crippen LogP contribution in [0, 0.1) is 6.92 Å². The number of aromatic nitrogens is 5. The molecular formula is C24H21N5O2. The fourth-order valence-corrected chi connectivity index (χ4v) is 4.42. The van der Waals surface area contributed by atoms with Gasteiger partial charge in [-0.2, -0.15) is 0 Å². The summed E-state index contributed by atoms with van der Waals surface area (Å²) in [6.07, 6.45) is 3.66. The Morgan fingerprint density at radius 2 is 1.90 bits per heavy atom. The Labute approximate surface area is 178 Å². The number of para-hydroxylation sites is 2. The maximum atomic E-state index is 13.6. The molecule has 7 heteroatoms. The first-order valence-corrected chi connectivity index (χ1v) is 10.5. The van der Waals surface area contributed by atoms with Crippen molar-refractivity contribution in [1.82, 2.24) is 24.1 Å². The molecule has 5 aromatic rings. The molecule has 0 N–H and O–H groups in total. The van der Waals surface area contributed by atoms with Gasteiger partial charge in [-0.15, -0.1) is 0 Å². The highest BCUT2D eigenvalue weighted by Crippen LogP contribution is 2.28. The highest BCUT2D eigenvalue weighted by atomic mass is 16.5. The summed E-state index contributed by atoms with van der Waals surface area (Å²) in [5.74, 6) is 0. The van der Waals surface area contributed by atoms with Crippen LogP contribution in [-0.2, 0) is 11.3 Å². The smallest absolute Gasteiger partial charge is 0.265 e. The molecular weight excluding hydrogens is 390 g/mol. The molecule has 1 saturated heterocycles. The minimum atomic E-state index is -0.110. The van der Waals surface area contributed by atoms with Gasteiger partial charge in [0.25, 0.3) is 5.56 Å². The summed E-state index contributed by atoms with van der Waals surface area (Å²) in [7, 11) is 0. The SMILES string of the molecule is Cc1cccc(-n2c3nc4ccccc4nc3c3c(=O)n(CC4CCCO4)cnc32)c1. The molecule has 0 bridgehead atoms. The van der Waals surface area contributed by atoms with Crippen molar-refractivity contribution < 1.29 is 4.74 Å². The third-order valence-corrected chi connectivity index (χ3v) is 5.91. The Hall–Kier alpha value is -3.58. The quantitative estimate of drug-likeness (QED) is 0.452. The van der Waals surface area contributed by atoms with Crippen molar-refractivity contribution in [1.29, 1.82) is 0 Å². The molecule has 7 nitrogen and oxygen atoms in total.